The quantitative estimate of drug-likeness (QED) is 0.501. The van der Waals surface area contributed by atoms with Crippen molar-refractivity contribution < 1.29 is 22.4 Å². The van der Waals surface area contributed by atoms with Gasteiger partial charge in [-0.1, -0.05) is 29.8 Å². The Kier molecular flexibility index (Phi) is 4.65. The summed E-state index contributed by atoms with van der Waals surface area (Å²) in [5.41, 5.74) is 0.774. The summed E-state index contributed by atoms with van der Waals surface area (Å²) in [7, 11) is -3.88. The molecule has 1 aromatic heterocycles. The average molecular weight is 377 g/mol. The van der Waals surface area contributed by atoms with E-state index in [0.29, 0.717) is 10.8 Å². The highest BCUT2D eigenvalue weighted by molar-refractivity contribution is 7.91. The van der Waals surface area contributed by atoms with Crippen LogP contribution in [0, 0.1) is 6.92 Å². The first-order chi connectivity index (χ1) is 11.9. The van der Waals surface area contributed by atoms with E-state index < -0.39 is 15.8 Å². The second-order valence-electron chi connectivity index (χ2n) is 5.23. The maximum Gasteiger partial charge on any atom is 0.379 e. The molecule has 0 bridgehead atoms. The Hall–Kier alpha value is -2.57. The number of rotatable bonds is 4. The molecular weight excluding hydrogens is 364 g/mol. The third-order valence-corrected chi connectivity index (χ3v) is 5.36. The number of benzene rings is 2. The van der Waals surface area contributed by atoms with Crippen molar-refractivity contribution in [1.29, 1.82) is 0 Å². The van der Waals surface area contributed by atoms with E-state index in [-0.39, 0.29) is 15.7 Å². The summed E-state index contributed by atoms with van der Waals surface area (Å²) in [6.07, 6.45) is 0. The Morgan fingerprint density at radius 2 is 1.68 bits per heavy atom. The number of sulfone groups is 1. The average Bonchev–Trinajstić information content (AvgIpc) is 3.08. The molecule has 3 rings (SSSR count). The van der Waals surface area contributed by atoms with Crippen molar-refractivity contribution >= 4 is 27.4 Å². The minimum absolute atomic E-state index is 0.0186. The van der Waals surface area contributed by atoms with Gasteiger partial charge in [0, 0.05) is 5.02 Å². The fraction of sp³-hybridized carbons (Fsp3) is 0.0556. The molecule has 5 nitrogen and oxygen atoms in total. The molecule has 1 heterocycles. The van der Waals surface area contributed by atoms with Crippen LogP contribution in [-0.2, 0) is 9.84 Å². The molecule has 25 heavy (non-hydrogen) atoms. The molecule has 0 atom stereocenters. The number of ether oxygens (including phenoxy) is 1. The molecular formula is C18H13ClO5S. The topological polar surface area (TPSA) is 73.6 Å². The number of carbonyl (C=O) groups excluding carboxylic acids is 1. The molecule has 2 aromatic carbocycles. The summed E-state index contributed by atoms with van der Waals surface area (Å²) in [5.74, 6) is -0.589. The zero-order chi connectivity index (χ0) is 18.0. The van der Waals surface area contributed by atoms with E-state index in [1.807, 2.05) is 6.07 Å². The second kappa shape index (κ2) is 6.74. The number of aryl methyl sites for hydroxylation is 1. The van der Waals surface area contributed by atoms with Gasteiger partial charge in [-0.05, 0) is 55.0 Å². The number of esters is 1. The van der Waals surface area contributed by atoms with Gasteiger partial charge in [0.1, 0.15) is 5.75 Å². The van der Waals surface area contributed by atoms with Gasteiger partial charge in [0.05, 0.1) is 4.90 Å². The van der Waals surface area contributed by atoms with Crippen LogP contribution in [-0.4, -0.2) is 14.4 Å². The van der Waals surface area contributed by atoms with Gasteiger partial charge in [-0.2, -0.15) is 0 Å². The first-order valence-electron chi connectivity index (χ1n) is 7.26. The third kappa shape index (κ3) is 3.60. The van der Waals surface area contributed by atoms with Gasteiger partial charge >= 0.3 is 5.97 Å². The monoisotopic (exact) mass is 376 g/mol. The van der Waals surface area contributed by atoms with Crippen LogP contribution in [0.15, 0.2) is 75.1 Å². The Bertz CT molecular complexity index is 1020. The van der Waals surface area contributed by atoms with Gasteiger partial charge < -0.3 is 9.15 Å². The molecule has 0 amide bonds. The van der Waals surface area contributed by atoms with Crippen molar-refractivity contribution in [2.24, 2.45) is 0 Å². The van der Waals surface area contributed by atoms with Crippen molar-refractivity contribution in [3.05, 3.63) is 77.0 Å². The highest BCUT2D eigenvalue weighted by Gasteiger charge is 2.24. The van der Waals surface area contributed by atoms with Gasteiger partial charge in [-0.3, -0.25) is 0 Å². The molecule has 128 valence electrons. The van der Waals surface area contributed by atoms with Crippen LogP contribution in [0.1, 0.15) is 16.1 Å². The molecule has 0 N–H and O–H groups in total. The van der Waals surface area contributed by atoms with E-state index in [1.54, 1.807) is 25.1 Å². The Morgan fingerprint density at radius 3 is 2.36 bits per heavy atom. The summed E-state index contributed by atoms with van der Waals surface area (Å²) < 4.78 is 35.5. The van der Waals surface area contributed by atoms with Crippen LogP contribution in [0.25, 0.3) is 0 Å². The van der Waals surface area contributed by atoms with E-state index in [9.17, 15) is 13.2 Å². The standard InChI is InChI=1S/C18H13ClO5S/c1-12-4-2-3-5-15(12)24-18(20)16-10-11-17(23-16)25(21,22)14-8-6-13(19)7-9-14/h2-11H,1H3. The van der Waals surface area contributed by atoms with Crippen LogP contribution < -0.4 is 4.74 Å². The molecule has 0 saturated heterocycles. The Morgan fingerprint density at radius 1 is 1.00 bits per heavy atom. The van der Waals surface area contributed by atoms with Gasteiger partial charge in [0.2, 0.25) is 20.7 Å². The normalized spacial score (nSPS) is 11.3. The summed E-state index contributed by atoms with van der Waals surface area (Å²) in [5, 5.41) is 0.0763. The fourth-order valence-electron chi connectivity index (χ4n) is 2.13. The predicted octanol–water partition coefficient (Wildman–Crippen LogP) is 4.29. The van der Waals surface area contributed by atoms with Crippen LogP contribution in [0.5, 0.6) is 5.75 Å². The van der Waals surface area contributed by atoms with Crippen molar-refractivity contribution in [2.75, 3.05) is 0 Å². The number of furan rings is 1. The maximum absolute atomic E-state index is 12.5. The third-order valence-electron chi connectivity index (χ3n) is 3.47. The summed E-state index contributed by atoms with van der Waals surface area (Å²) in [6, 6.07) is 15.1. The number of hydrogen-bond donors (Lipinski definition) is 0. The Balaban J connectivity index is 1.85. The molecule has 0 fully saturated rings. The SMILES string of the molecule is Cc1ccccc1OC(=O)c1ccc(S(=O)(=O)c2ccc(Cl)cc2)o1. The highest BCUT2D eigenvalue weighted by Crippen LogP contribution is 2.25. The molecule has 3 aromatic rings. The van der Waals surface area contributed by atoms with Crippen molar-refractivity contribution in [1.82, 2.24) is 0 Å². The molecule has 0 aliphatic rings. The fourth-order valence-corrected chi connectivity index (χ4v) is 3.42. The molecule has 0 unspecified atom stereocenters. The first-order valence-corrected chi connectivity index (χ1v) is 9.12. The molecule has 7 heteroatoms. The summed E-state index contributed by atoms with van der Waals surface area (Å²) in [4.78, 5) is 12.2. The van der Waals surface area contributed by atoms with Crippen molar-refractivity contribution in [2.45, 2.75) is 16.9 Å². The van der Waals surface area contributed by atoms with Crippen LogP contribution in [0.3, 0.4) is 0 Å². The molecule has 0 spiro atoms. The lowest BCUT2D eigenvalue weighted by Gasteiger charge is -2.05. The zero-order valence-electron chi connectivity index (χ0n) is 13.1. The highest BCUT2D eigenvalue weighted by atomic mass is 35.5. The Labute approximate surface area is 149 Å². The largest absolute Gasteiger partial charge is 0.437 e. The van der Waals surface area contributed by atoms with Crippen LogP contribution >= 0.6 is 11.6 Å². The van der Waals surface area contributed by atoms with Crippen molar-refractivity contribution in [3.63, 3.8) is 0 Å². The molecule has 0 saturated carbocycles. The van der Waals surface area contributed by atoms with Gasteiger partial charge in [0.15, 0.2) is 0 Å². The minimum Gasteiger partial charge on any atom is -0.437 e. The lowest BCUT2D eigenvalue weighted by Crippen LogP contribution is -2.08. The zero-order valence-corrected chi connectivity index (χ0v) is 14.7. The predicted molar refractivity (Wildman–Crippen MR) is 91.7 cm³/mol. The molecule has 0 aliphatic carbocycles. The number of para-hydroxylation sites is 1. The summed E-state index contributed by atoms with van der Waals surface area (Å²) >= 11 is 5.76. The van der Waals surface area contributed by atoms with Crippen LogP contribution in [0.2, 0.25) is 5.02 Å². The lowest BCUT2D eigenvalue weighted by atomic mass is 10.2. The number of halogens is 1. The molecule has 0 radical (unpaired) electrons. The second-order valence-corrected chi connectivity index (χ2v) is 7.55. The van der Waals surface area contributed by atoms with E-state index in [0.717, 1.165) is 5.56 Å². The summed E-state index contributed by atoms with van der Waals surface area (Å²) in [6.45, 7) is 1.79. The maximum atomic E-state index is 12.5. The van der Waals surface area contributed by atoms with E-state index in [1.165, 1.54) is 36.4 Å². The number of hydrogen-bond acceptors (Lipinski definition) is 5. The van der Waals surface area contributed by atoms with Crippen LogP contribution in [0.4, 0.5) is 0 Å². The van der Waals surface area contributed by atoms with Crippen molar-refractivity contribution in [3.8, 4) is 5.75 Å². The van der Waals surface area contributed by atoms with E-state index >= 15 is 0 Å². The smallest absolute Gasteiger partial charge is 0.379 e. The van der Waals surface area contributed by atoms with E-state index in [4.69, 9.17) is 20.8 Å². The first kappa shape index (κ1) is 17.3. The lowest BCUT2D eigenvalue weighted by molar-refractivity contribution is 0.0694. The molecule has 0 aliphatic heterocycles. The van der Waals surface area contributed by atoms with E-state index in [2.05, 4.69) is 0 Å². The minimum atomic E-state index is -3.88. The van der Waals surface area contributed by atoms with Gasteiger partial charge in [0.25, 0.3) is 0 Å². The van der Waals surface area contributed by atoms with Gasteiger partial charge in [-0.15, -0.1) is 0 Å². The van der Waals surface area contributed by atoms with Gasteiger partial charge in [-0.25, -0.2) is 13.2 Å². The number of carbonyl (C=O) groups is 1.